The minimum absolute atomic E-state index is 0.407. The Kier molecular flexibility index (Phi) is 7.90. The highest BCUT2D eigenvalue weighted by atomic mass is 32.2. The third-order valence-corrected chi connectivity index (χ3v) is 3.65. The number of benzene rings is 1. The topological polar surface area (TPSA) is 73.8 Å². The van der Waals surface area contributed by atoms with Gasteiger partial charge in [0.25, 0.3) is 0 Å². The van der Waals surface area contributed by atoms with Gasteiger partial charge in [0.1, 0.15) is 0 Å². The number of nitrogens with one attached hydrogen (secondary N) is 2. The Balaban J connectivity index is 2.50. The van der Waals surface area contributed by atoms with Crippen molar-refractivity contribution in [3.63, 3.8) is 0 Å². The van der Waals surface area contributed by atoms with E-state index in [2.05, 4.69) is 32.1 Å². The van der Waals surface area contributed by atoms with E-state index in [4.69, 9.17) is 0 Å². The summed E-state index contributed by atoms with van der Waals surface area (Å²) in [6.45, 7) is 4.57. The van der Waals surface area contributed by atoms with E-state index < -0.39 is 10.0 Å². The van der Waals surface area contributed by atoms with Crippen molar-refractivity contribution < 1.29 is 8.42 Å². The van der Waals surface area contributed by atoms with Crippen LogP contribution in [0, 0.1) is 0 Å². The van der Waals surface area contributed by atoms with Crippen molar-refractivity contribution in [3.8, 4) is 0 Å². The van der Waals surface area contributed by atoms with E-state index >= 15 is 0 Å². The summed E-state index contributed by atoms with van der Waals surface area (Å²) < 4.78 is 24.4. The van der Waals surface area contributed by atoms with Crippen molar-refractivity contribution in [2.75, 3.05) is 32.9 Å². The number of guanidine groups is 1. The van der Waals surface area contributed by atoms with Crippen LogP contribution in [-0.4, -0.2) is 52.2 Å². The molecule has 0 fully saturated rings. The Morgan fingerprint density at radius 1 is 1.27 bits per heavy atom. The monoisotopic (exact) mass is 326 g/mol. The molecule has 124 valence electrons. The Morgan fingerprint density at radius 2 is 1.95 bits per heavy atom. The lowest BCUT2D eigenvalue weighted by Crippen LogP contribution is -2.38. The van der Waals surface area contributed by atoms with Crippen LogP contribution in [0.5, 0.6) is 0 Å². The number of aliphatic imine (C=N–C) groups is 1. The molecule has 0 aromatic heterocycles. The second-order valence-electron chi connectivity index (χ2n) is 5.10. The first kappa shape index (κ1) is 18.4. The van der Waals surface area contributed by atoms with Crippen molar-refractivity contribution in [1.82, 2.24) is 14.9 Å². The fraction of sp³-hybridized carbons (Fsp3) is 0.533. The molecule has 0 radical (unpaired) electrons. The average Bonchev–Trinajstić information content (AvgIpc) is 2.45. The third-order valence-electron chi connectivity index (χ3n) is 2.92. The van der Waals surface area contributed by atoms with Crippen LogP contribution in [0.25, 0.3) is 0 Å². The van der Waals surface area contributed by atoms with E-state index in [1.807, 2.05) is 32.2 Å². The summed E-state index contributed by atoms with van der Waals surface area (Å²) in [5.74, 6) is 0.825. The van der Waals surface area contributed by atoms with Gasteiger partial charge in [-0.2, -0.15) is 0 Å². The van der Waals surface area contributed by atoms with Crippen molar-refractivity contribution in [1.29, 1.82) is 0 Å². The molecule has 1 rings (SSSR count). The molecule has 0 aliphatic carbocycles. The molecule has 1 aromatic rings. The Labute approximate surface area is 133 Å². The molecule has 0 aliphatic rings. The van der Waals surface area contributed by atoms with Gasteiger partial charge in [0.2, 0.25) is 10.0 Å². The zero-order valence-electron chi connectivity index (χ0n) is 13.5. The minimum Gasteiger partial charge on any atom is -0.357 e. The predicted molar refractivity (Wildman–Crippen MR) is 91.4 cm³/mol. The maximum absolute atomic E-state index is 11.0. The molecular weight excluding hydrogens is 300 g/mol. The first-order chi connectivity index (χ1) is 10.4. The quantitative estimate of drug-likeness (QED) is 0.425. The summed E-state index contributed by atoms with van der Waals surface area (Å²) in [6, 6.07) is 10.2. The highest BCUT2D eigenvalue weighted by molar-refractivity contribution is 7.88. The summed E-state index contributed by atoms with van der Waals surface area (Å²) in [5.41, 5.74) is 1.22. The second-order valence-corrected chi connectivity index (χ2v) is 6.93. The number of rotatable bonds is 8. The normalized spacial score (nSPS) is 12.2. The SMILES string of the molecule is CCNC(=NCCCNS(C)(=O)=O)N(C)Cc1ccccc1. The molecule has 0 amide bonds. The lowest BCUT2D eigenvalue weighted by Gasteiger charge is -2.22. The van der Waals surface area contributed by atoms with E-state index in [9.17, 15) is 8.42 Å². The highest BCUT2D eigenvalue weighted by Gasteiger charge is 2.06. The maximum atomic E-state index is 11.0. The van der Waals surface area contributed by atoms with Gasteiger partial charge in [0.05, 0.1) is 6.26 Å². The summed E-state index contributed by atoms with van der Waals surface area (Å²) >= 11 is 0. The molecule has 0 aliphatic heterocycles. The molecule has 0 unspecified atom stereocenters. The zero-order valence-corrected chi connectivity index (χ0v) is 14.4. The molecule has 0 bridgehead atoms. The molecule has 2 N–H and O–H groups in total. The van der Waals surface area contributed by atoms with Crippen molar-refractivity contribution >= 4 is 16.0 Å². The molecule has 0 saturated heterocycles. The van der Waals surface area contributed by atoms with E-state index in [-0.39, 0.29) is 0 Å². The molecule has 0 atom stereocenters. The van der Waals surface area contributed by atoms with Crippen LogP contribution in [0.1, 0.15) is 18.9 Å². The van der Waals surface area contributed by atoms with Gasteiger partial charge in [-0.25, -0.2) is 13.1 Å². The van der Waals surface area contributed by atoms with E-state index in [0.29, 0.717) is 19.5 Å². The summed E-state index contributed by atoms with van der Waals surface area (Å²) in [4.78, 5) is 6.58. The van der Waals surface area contributed by atoms with E-state index in [1.54, 1.807) is 0 Å². The van der Waals surface area contributed by atoms with Crippen molar-refractivity contribution in [2.45, 2.75) is 19.9 Å². The van der Waals surface area contributed by atoms with Crippen LogP contribution in [0.4, 0.5) is 0 Å². The van der Waals surface area contributed by atoms with Crippen LogP contribution >= 0.6 is 0 Å². The van der Waals surface area contributed by atoms with Gasteiger partial charge in [0, 0.05) is 33.2 Å². The van der Waals surface area contributed by atoms with Gasteiger partial charge in [-0.3, -0.25) is 4.99 Å². The summed E-state index contributed by atoms with van der Waals surface area (Å²) in [7, 11) is -1.13. The van der Waals surface area contributed by atoms with Gasteiger partial charge >= 0.3 is 0 Å². The van der Waals surface area contributed by atoms with Gasteiger partial charge in [-0.05, 0) is 18.9 Å². The molecule has 7 heteroatoms. The van der Waals surface area contributed by atoms with Crippen LogP contribution in [-0.2, 0) is 16.6 Å². The van der Waals surface area contributed by atoms with E-state index in [1.165, 1.54) is 5.56 Å². The fourth-order valence-electron chi connectivity index (χ4n) is 1.92. The van der Waals surface area contributed by atoms with Crippen LogP contribution in [0.2, 0.25) is 0 Å². The Morgan fingerprint density at radius 3 is 2.55 bits per heavy atom. The zero-order chi connectivity index (χ0) is 16.4. The van der Waals surface area contributed by atoms with Gasteiger partial charge in [-0.1, -0.05) is 30.3 Å². The third kappa shape index (κ3) is 7.99. The number of hydrogen-bond donors (Lipinski definition) is 2. The van der Waals surface area contributed by atoms with Gasteiger partial charge < -0.3 is 10.2 Å². The Hall–Kier alpha value is -1.60. The number of sulfonamides is 1. The van der Waals surface area contributed by atoms with Crippen molar-refractivity contribution in [3.05, 3.63) is 35.9 Å². The molecule has 1 aromatic carbocycles. The smallest absolute Gasteiger partial charge is 0.208 e. The standard InChI is InChI=1S/C15H26N4O2S/c1-4-16-15(17-11-8-12-18-22(3,20)21)19(2)13-14-9-6-5-7-10-14/h5-7,9-10,18H,4,8,11-13H2,1-3H3,(H,16,17). The molecule has 6 nitrogen and oxygen atoms in total. The summed E-state index contributed by atoms with van der Waals surface area (Å²) in [6.07, 6.45) is 1.83. The average molecular weight is 326 g/mol. The largest absolute Gasteiger partial charge is 0.357 e. The first-order valence-electron chi connectivity index (χ1n) is 7.40. The van der Waals surface area contributed by atoms with Gasteiger partial charge in [0.15, 0.2) is 5.96 Å². The fourth-order valence-corrected chi connectivity index (χ4v) is 2.44. The molecular formula is C15H26N4O2S. The van der Waals surface area contributed by atoms with Crippen LogP contribution in [0.3, 0.4) is 0 Å². The first-order valence-corrected chi connectivity index (χ1v) is 9.29. The minimum atomic E-state index is -3.12. The number of nitrogens with zero attached hydrogens (tertiary/aromatic N) is 2. The van der Waals surface area contributed by atoms with E-state index in [0.717, 1.165) is 25.3 Å². The molecule has 0 spiro atoms. The van der Waals surface area contributed by atoms with Crippen LogP contribution < -0.4 is 10.0 Å². The molecule has 22 heavy (non-hydrogen) atoms. The number of hydrogen-bond acceptors (Lipinski definition) is 3. The lowest BCUT2D eigenvalue weighted by atomic mass is 10.2. The lowest BCUT2D eigenvalue weighted by molar-refractivity contribution is 0.476. The second kappa shape index (κ2) is 9.42. The van der Waals surface area contributed by atoms with Crippen LogP contribution in [0.15, 0.2) is 35.3 Å². The van der Waals surface area contributed by atoms with Crippen molar-refractivity contribution in [2.24, 2.45) is 4.99 Å². The van der Waals surface area contributed by atoms with Gasteiger partial charge in [-0.15, -0.1) is 0 Å². The molecule has 0 heterocycles. The highest BCUT2D eigenvalue weighted by Crippen LogP contribution is 2.03. The maximum Gasteiger partial charge on any atom is 0.208 e. The molecule has 0 saturated carbocycles. The summed E-state index contributed by atoms with van der Waals surface area (Å²) in [5, 5.41) is 3.25. The Bertz CT molecular complexity index is 558. The predicted octanol–water partition coefficient (Wildman–Crippen LogP) is 1.02.